The number of nitrogens with zero attached hydrogens (tertiary/aromatic N) is 3. The molecule has 1 aliphatic carbocycles. The van der Waals surface area contributed by atoms with E-state index < -0.39 is 0 Å². The lowest BCUT2D eigenvalue weighted by Crippen LogP contribution is -2.15. The topological polar surface area (TPSA) is 59.8 Å². The molecule has 10 heteroatoms. The van der Waals surface area contributed by atoms with E-state index in [4.69, 9.17) is 46.4 Å². The van der Waals surface area contributed by atoms with Crippen LogP contribution in [0.1, 0.15) is 24.6 Å². The highest BCUT2D eigenvalue weighted by atomic mass is 35.5. The first-order valence-electron chi connectivity index (χ1n) is 8.72. The first kappa shape index (κ1) is 20.8. The van der Waals surface area contributed by atoms with E-state index in [-0.39, 0.29) is 37.4 Å². The first-order valence-corrected chi connectivity index (χ1v) is 11.2. The highest BCUT2D eigenvalue weighted by Crippen LogP contribution is 2.42. The van der Waals surface area contributed by atoms with Gasteiger partial charge in [-0.25, -0.2) is 0 Å². The summed E-state index contributed by atoms with van der Waals surface area (Å²) in [5, 5.41) is 12.7. The summed E-state index contributed by atoms with van der Waals surface area (Å²) in [7, 11) is 0. The summed E-state index contributed by atoms with van der Waals surface area (Å²) in [5.41, 5.74) is 1.16. The summed E-state index contributed by atoms with van der Waals surface area (Å²) in [6.45, 7) is 0. The number of amides is 1. The zero-order valence-electron chi connectivity index (χ0n) is 14.8. The molecule has 1 N–H and O–H groups in total. The Bertz CT molecular complexity index is 1040. The Morgan fingerprint density at radius 1 is 1.07 bits per heavy atom. The maximum absolute atomic E-state index is 12.5. The van der Waals surface area contributed by atoms with E-state index in [1.165, 1.54) is 17.8 Å². The van der Waals surface area contributed by atoms with Gasteiger partial charge in [-0.3, -0.25) is 9.36 Å². The molecule has 0 unspecified atom stereocenters. The molecule has 1 amide bonds. The molecule has 0 radical (unpaired) electrons. The third-order valence-electron chi connectivity index (χ3n) is 4.32. The predicted octanol–water partition coefficient (Wildman–Crippen LogP) is 6.49. The lowest BCUT2D eigenvalue weighted by molar-refractivity contribution is -0.113. The maximum Gasteiger partial charge on any atom is 0.234 e. The van der Waals surface area contributed by atoms with Crippen molar-refractivity contribution in [2.24, 2.45) is 0 Å². The number of nitrogens with one attached hydrogen (secondary N) is 1. The van der Waals surface area contributed by atoms with Crippen molar-refractivity contribution in [1.82, 2.24) is 14.8 Å². The Balaban J connectivity index is 1.53. The molecule has 1 heterocycles. The van der Waals surface area contributed by atoms with E-state index in [1.54, 1.807) is 0 Å². The van der Waals surface area contributed by atoms with Gasteiger partial charge in [0.2, 0.25) is 5.91 Å². The molecule has 0 saturated heterocycles. The molecule has 4 rings (SSSR count). The normalized spacial score (nSPS) is 13.5. The molecular weight excluding hydrogens is 474 g/mol. The number of carbonyl (C=O) groups is 1. The van der Waals surface area contributed by atoms with Crippen LogP contribution in [0.2, 0.25) is 20.1 Å². The molecule has 0 atom stereocenters. The molecule has 0 aliphatic heterocycles. The van der Waals surface area contributed by atoms with Gasteiger partial charge in [-0.2, -0.15) is 0 Å². The molecule has 5 nitrogen and oxygen atoms in total. The summed E-state index contributed by atoms with van der Waals surface area (Å²) in [6.07, 6.45) is 2.20. The van der Waals surface area contributed by atoms with Crippen LogP contribution in [-0.2, 0) is 4.79 Å². The van der Waals surface area contributed by atoms with Crippen molar-refractivity contribution in [2.45, 2.75) is 23.9 Å². The number of thioether (sulfide) groups is 1. The van der Waals surface area contributed by atoms with Crippen LogP contribution in [0.15, 0.2) is 41.6 Å². The Morgan fingerprint density at radius 3 is 2.34 bits per heavy atom. The number of carbonyl (C=O) groups excluding carboxylic acids is 1. The van der Waals surface area contributed by atoms with Crippen LogP contribution in [-0.4, -0.2) is 26.4 Å². The Labute approximate surface area is 191 Å². The third-order valence-corrected chi connectivity index (χ3v) is 6.83. The number of benzene rings is 2. The van der Waals surface area contributed by atoms with Crippen LogP contribution in [0.25, 0.3) is 5.69 Å². The number of hydrogen-bond donors (Lipinski definition) is 1. The number of rotatable bonds is 6. The Kier molecular flexibility index (Phi) is 6.27. The van der Waals surface area contributed by atoms with Crippen LogP contribution in [0.4, 0.5) is 5.69 Å². The number of hydrogen-bond acceptors (Lipinski definition) is 4. The molecule has 0 spiro atoms. The molecule has 29 heavy (non-hydrogen) atoms. The standard InChI is InChI=1S/C19H14Cl4N4OS/c20-12-8-13(21)16(23)17(15(12)22)24-14(28)9-29-19-26-25-18(10-6-7-10)27(19)11-4-2-1-3-5-11/h1-5,8,10H,6-7,9H2,(H,24,28). The van der Waals surface area contributed by atoms with Crippen molar-refractivity contribution in [1.29, 1.82) is 0 Å². The Morgan fingerprint density at radius 2 is 1.72 bits per heavy atom. The average molecular weight is 488 g/mol. The molecule has 1 aromatic heterocycles. The fourth-order valence-corrected chi connectivity index (χ4v) is 4.45. The van der Waals surface area contributed by atoms with Crippen LogP contribution in [0.3, 0.4) is 0 Å². The van der Waals surface area contributed by atoms with Crippen molar-refractivity contribution < 1.29 is 4.79 Å². The average Bonchev–Trinajstić information content (AvgIpc) is 3.48. The van der Waals surface area contributed by atoms with E-state index in [1.807, 2.05) is 34.9 Å². The van der Waals surface area contributed by atoms with Crippen molar-refractivity contribution in [3.8, 4) is 5.69 Å². The molecule has 150 valence electrons. The van der Waals surface area contributed by atoms with Crippen LogP contribution in [0, 0.1) is 0 Å². The van der Waals surface area contributed by atoms with Gasteiger partial charge in [0.25, 0.3) is 0 Å². The zero-order chi connectivity index (χ0) is 20.5. The minimum absolute atomic E-state index is 0.0897. The smallest absolute Gasteiger partial charge is 0.234 e. The largest absolute Gasteiger partial charge is 0.323 e. The van der Waals surface area contributed by atoms with E-state index in [0.29, 0.717) is 11.1 Å². The summed E-state index contributed by atoms with van der Waals surface area (Å²) in [5.74, 6) is 1.11. The van der Waals surface area contributed by atoms with Gasteiger partial charge in [0.1, 0.15) is 5.82 Å². The molecule has 1 saturated carbocycles. The van der Waals surface area contributed by atoms with E-state index in [2.05, 4.69) is 15.5 Å². The van der Waals surface area contributed by atoms with Crippen LogP contribution in [0.5, 0.6) is 0 Å². The van der Waals surface area contributed by atoms with Gasteiger partial charge >= 0.3 is 0 Å². The van der Waals surface area contributed by atoms with Gasteiger partial charge in [-0.15, -0.1) is 10.2 Å². The summed E-state index contributed by atoms with van der Waals surface area (Å²) >= 11 is 25.6. The highest BCUT2D eigenvalue weighted by Gasteiger charge is 2.31. The van der Waals surface area contributed by atoms with Gasteiger partial charge in [0, 0.05) is 11.6 Å². The first-order chi connectivity index (χ1) is 14.0. The molecule has 2 aromatic carbocycles. The van der Waals surface area contributed by atoms with E-state index in [0.717, 1.165) is 24.4 Å². The Hall–Kier alpha value is -1.44. The number of anilines is 1. The summed E-state index contributed by atoms with van der Waals surface area (Å²) < 4.78 is 2.01. The summed E-state index contributed by atoms with van der Waals surface area (Å²) in [4.78, 5) is 12.5. The fourth-order valence-electron chi connectivity index (χ4n) is 2.79. The van der Waals surface area contributed by atoms with Gasteiger partial charge in [-0.05, 0) is 31.0 Å². The van der Waals surface area contributed by atoms with E-state index in [9.17, 15) is 4.79 Å². The third kappa shape index (κ3) is 4.52. The molecular formula is C19H14Cl4N4OS. The minimum Gasteiger partial charge on any atom is -0.323 e. The van der Waals surface area contributed by atoms with E-state index >= 15 is 0 Å². The van der Waals surface area contributed by atoms with Crippen molar-refractivity contribution >= 4 is 69.8 Å². The minimum atomic E-state index is -0.312. The fraction of sp³-hybridized carbons (Fsp3) is 0.211. The highest BCUT2D eigenvalue weighted by molar-refractivity contribution is 7.99. The second-order valence-corrected chi connectivity index (χ2v) is 8.98. The maximum atomic E-state index is 12.5. The zero-order valence-corrected chi connectivity index (χ0v) is 18.7. The number of aromatic nitrogens is 3. The SMILES string of the molecule is O=C(CSc1nnc(C2CC2)n1-c1ccccc1)Nc1c(Cl)c(Cl)cc(Cl)c1Cl. The van der Waals surface area contributed by atoms with Crippen molar-refractivity contribution in [2.75, 3.05) is 11.1 Å². The van der Waals surface area contributed by atoms with Gasteiger partial charge in [0.15, 0.2) is 5.16 Å². The van der Waals surface area contributed by atoms with Crippen molar-refractivity contribution in [3.63, 3.8) is 0 Å². The molecule has 3 aromatic rings. The molecule has 1 aliphatic rings. The lowest BCUT2D eigenvalue weighted by atomic mass is 10.3. The van der Waals surface area contributed by atoms with Crippen LogP contribution < -0.4 is 5.32 Å². The number of halogens is 4. The van der Waals surface area contributed by atoms with Gasteiger partial charge < -0.3 is 5.32 Å². The van der Waals surface area contributed by atoms with Gasteiger partial charge in [-0.1, -0.05) is 76.4 Å². The van der Waals surface area contributed by atoms with Crippen LogP contribution >= 0.6 is 58.2 Å². The lowest BCUT2D eigenvalue weighted by Gasteiger charge is -2.12. The summed E-state index contributed by atoms with van der Waals surface area (Å²) in [6, 6.07) is 11.3. The predicted molar refractivity (Wildman–Crippen MR) is 119 cm³/mol. The van der Waals surface area contributed by atoms with Crippen molar-refractivity contribution in [3.05, 3.63) is 62.3 Å². The number of para-hydroxylation sites is 1. The second-order valence-electron chi connectivity index (χ2n) is 6.47. The monoisotopic (exact) mass is 486 g/mol. The molecule has 1 fully saturated rings. The quantitative estimate of drug-likeness (QED) is 0.319. The molecule has 0 bridgehead atoms. The van der Waals surface area contributed by atoms with Gasteiger partial charge in [0.05, 0.1) is 31.5 Å². The second kappa shape index (κ2) is 8.74.